The summed E-state index contributed by atoms with van der Waals surface area (Å²) >= 11 is 0. The van der Waals surface area contributed by atoms with Gasteiger partial charge in [-0.3, -0.25) is 24.0 Å². The lowest BCUT2D eigenvalue weighted by Gasteiger charge is -2.34. The third-order valence-electron chi connectivity index (χ3n) is 9.77. The molecule has 17 heteroatoms. The molecule has 0 aromatic carbocycles. The van der Waals surface area contributed by atoms with Crippen molar-refractivity contribution in [3.8, 4) is 0 Å². The minimum Gasteiger partial charge on any atom is -0.480 e. The molecule has 0 aromatic rings. The van der Waals surface area contributed by atoms with Gasteiger partial charge in [-0.1, -0.05) is 84.0 Å². The fraction of sp³-hybridized carbons (Fsp3) is 0.846. The standard InChI is InChI=1S/C39H75N7O10/c1-5-6-7-8-9-10-11-12-13-14-15-16-17-23-32(50)42-30(21-18-19-24-40)38(54)46(4)34(28(3)49)37(53)45-33(27(2)48)36(52)43-29(22-20-25-41)35(51)44-31(26-47)39(55)56/h27-31,33-34,47-49H,5-26,40-41H2,1-4H3,(H,42,50)(H,43,52)(H,44,51)(H,45,53)(H,55,56)/t27-,28-,29+,30+,31+,33+,34+/m1/s1. The van der Waals surface area contributed by atoms with Crippen LogP contribution in [0, 0.1) is 0 Å². The minimum absolute atomic E-state index is 0.0313. The highest BCUT2D eigenvalue weighted by Crippen LogP contribution is 2.15. The van der Waals surface area contributed by atoms with E-state index in [4.69, 9.17) is 11.5 Å². The topological polar surface area (TPSA) is 287 Å². The molecule has 0 bridgehead atoms. The number of aliphatic carboxylic acids is 1. The predicted molar refractivity (Wildman–Crippen MR) is 214 cm³/mol. The molecule has 0 aliphatic carbocycles. The van der Waals surface area contributed by atoms with Crippen molar-refractivity contribution in [1.29, 1.82) is 0 Å². The first-order chi connectivity index (χ1) is 26.7. The molecule has 0 spiro atoms. The highest BCUT2D eigenvalue weighted by Gasteiger charge is 2.38. The van der Waals surface area contributed by atoms with Crippen molar-refractivity contribution < 1.29 is 49.2 Å². The number of carbonyl (C=O) groups is 6. The van der Waals surface area contributed by atoms with Crippen LogP contribution in [-0.4, -0.2) is 130 Å². The third kappa shape index (κ3) is 22.4. The van der Waals surface area contributed by atoms with E-state index < -0.39 is 78.6 Å². The minimum atomic E-state index is -1.67. The number of nitrogens with one attached hydrogen (secondary N) is 4. The van der Waals surface area contributed by atoms with Crippen LogP contribution >= 0.6 is 0 Å². The number of unbranched alkanes of at least 4 members (excludes halogenated alkanes) is 13. The number of carboxylic acids is 1. The normalized spacial score (nSPS) is 15.0. The molecular formula is C39H75N7O10. The van der Waals surface area contributed by atoms with Gasteiger partial charge in [0.05, 0.1) is 18.8 Å². The number of nitrogens with two attached hydrogens (primary N) is 2. The van der Waals surface area contributed by atoms with E-state index in [0.29, 0.717) is 25.8 Å². The molecule has 326 valence electrons. The van der Waals surface area contributed by atoms with Crippen LogP contribution < -0.4 is 32.7 Å². The monoisotopic (exact) mass is 802 g/mol. The van der Waals surface area contributed by atoms with Gasteiger partial charge in [0, 0.05) is 13.5 Å². The number of aliphatic hydroxyl groups excluding tert-OH is 3. The molecule has 0 aliphatic heterocycles. The van der Waals surface area contributed by atoms with Gasteiger partial charge in [-0.15, -0.1) is 0 Å². The summed E-state index contributed by atoms with van der Waals surface area (Å²) in [6, 6.07) is -7.22. The van der Waals surface area contributed by atoms with Gasteiger partial charge in [0.15, 0.2) is 0 Å². The molecule has 7 atom stereocenters. The molecule has 0 unspecified atom stereocenters. The molecule has 0 radical (unpaired) electrons. The van der Waals surface area contributed by atoms with Gasteiger partial charge < -0.3 is 58.1 Å². The lowest BCUT2D eigenvalue weighted by Crippen LogP contribution is -2.63. The maximum atomic E-state index is 13.8. The molecule has 0 saturated carbocycles. The van der Waals surface area contributed by atoms with E-state index in [-0.39, 0.29) is 38.1 Å². The van der Waals surface area contributed by atoms with Gasteiger partial charge in [0.2, 0.25) is 29.5 Å². The van der Waals surface area contributed by atoms with Crippen molar-refractivity contribution in [3.05, 3.63) is 0 Å². The van der Waals surface area contributed by atoms with E-state index in [0.717, 1.165) is 24.2 Å². The second-order valence-electron chi connectivity index (χ2n) is 14.8. The van der Waals surface area contributed by atoms with Gasteiger partial charge in [-0.05, 0) is 65.5 Å². The SMILES string of the molecule is CCCCCCCCCCCCCCCC(=O)N[C@@H](CCCCN)C(=O)N(C)[C@H](C(=O)N[C@H](C(=O)N[C@@H](CCCN)C(=O)N[C@@H](CO)C(=O)O)[C@@H](C)O)[C@@H](C)O. The lowest BCUT2D eigenvalue weighted by atomic mass is 10.0. The molecule has 12 N–H and O–H groups in total. The molecule has 0 aromatic heterocycles. The van der Waals surface area contributed by atoms with Crippen LogP contribution in [0.4, 0.5) is 0 Å². The zero-order valence-corrected chi connectivity index (χ0v) is 34.4. The first-order valence-corrected chi connectivity index (χ1v) is 20.7. The van der Waals surface area contributed by atoms with Crippen LogP contribution in [-0.2, 0) is 28.8 Å². The Kier molecular flexibility index (Phi) is 29.8. The molecule has 0 heterocycles. The Morgan fingerprint density at radius 2 is 1.09 bits per heavy atom. The first-order valence-electron chi connectivity index (χ1n) is 20.7. The van der Waals surface area contributed by atoms with E-state index in [9.17, 15) is 49.2 Å². The van der Waals surface area contributed by atoms with Gasteiger partial charge in [0.25, 0.3) is 0 Å². The highest BCUT2D eigenvalue weighted by molar-refractivity contribution is 5.96. The summed E-state index contributed by atoms with van der Waals surface area (Å²) in [4.78, 5) is 78.9. The number of hydrogen-bond acceptors (Lipinski definition) is 11. The molecular weight excluding hydrogens is 726 g/mol. The van der Waals surface area contributed by atoms with Gasteiger partial charge >= 0.3 is 5.97 Å². The van der Waals surface area contributed by atoms with Crippen LogP contribution in [0.15, 0.2) is 0 Å². The molecule has 0 rings (SSSR count). The van der Waals surface area contributed by atoms with Crippen LogP contribution in [0.3, 0.4) is 0 Å². The molecule has 0 saturated heterocycles. The van der Waals surface area contributed by atoms with Crippen LogP contribution in [0.5, 0.6) is 0 Å². The maximum Gasteiger partial charge on any atom is 0.328 e. The Labute approximate surface area is 333 Å². The Hall–Kier alpha value is -3.38. The predicted octanol–water partition coefficient (Wildman–Crippen LogP) is 0.940. The van der Waals surface area contributed by atoms with Crippen LogP contribution in [0.2, 0.25) is 0 Å². The summed E-state index contributed by atoms with van der Waals surface area (Å²) in [7, 11) is 1.29. The van der Waals surface area contributed by atoms with Crippen molar-refractivity contribution in [2.24, 2.45) is 11.5 Å². The third-order valence-corrected chi connectivity index (χ3v) is 9.77. The summed E-state index contributed by atoms with van der Waals surface area (Å²) in [5, 5.41) is 49.3. The van der Waals surface area contributed by atoms with Crippen molar-refractivity contribution in [2.45, 2.75) is 185 Å². The number of nitrogens with zero attached hydrogens (tertiary/aromatic N) is 1. The average molecular weight is 802 g/mol. The Morgan fingerprint density at radius 3 is 1.55 bits per heavy atom. The zero-order chi connectivity index (χ0) is 42.5. The zero-order valence-electron chi connectivity index (χ0n) is 34.4. The number of hydrogen-bond donors (Lipinski definition) is 10. The van der Waals surface area contributed by atoms with Crippen molar-refractivity contribution in [3.63, 3.8) is 0 Å². The summed E-state index contributed by atoms with van der Waals surface area (Å²) in [5.41, 5.74) is 11.2. The Balaban J connectivity index is 5.49. The molecule has 56 heavy (non-hydrogen) atoms. The fourth-order valence-corrected chi connectivity index (χ4v) is 6.38. The lowest BCUT2D eigenvalue weighted by molar-refractivity contribution is -0.147. The van der Waals surface area contributed by atoms with E-state index in [2.05, 4.69) is 28.2 Å². The highest BCUT2D eigenvalue weighted by atomic mass is 16.4. The van der Waals surface area contributed by atoms with Crippen molar-refractivity contribution in [1.82, 2.24) is 26.2 Å². The molecule has 17 nitrogen and oxygen atoms in total. The Bertz CT molecular complexity index is 1140. The van der Waals surface area contributed by atoms with E-state index >= 15 is 0 Å². The quantitative estimate of drug-likeness (QED) is 0.0407. The number of rotatable bonds is 34. The van der Waals surface area contributed by atoms with E-state index in [1.807, 2.05) is 0 Å². The summed E-state index contributed by atoms with van der Waals surface area (Å²) in [6.07, 6.45) is 14.0. The van der Waals surface area contributed by atoms with Gasteiger partial charge in [-0.25, -0.2) is 4.79 Å². The summed E-state index contributed by atoms with van der Waals surface area (Å²) in [6.45, 7) is 4.30. The second kappa shape index (κ2) is 31.7. The van der Waals surface area contributed by atoms with E-state index in [1.54, 1.807) is 0 Å². The number of likely N-dealkylation sites (N-methyl/N-ethyl adjacent to an activating group) is 1. The number of carboxylic acid groups (broad SMARTS) is 1. The number of carbonyl (C=O) groups excluding carboxylic acids is 5. The number of amides is 5. The summed E-state index contributed by atoms with van der Waals surface area (Å²) < 4.78 is 0. The number of aliphatic hydroxyl groups is 3. The molecule has 5 amide bonds. The molecule has 0 fully saturated rings. The van der Waals surface area contributed by atoms with Crippen LogP contribution in [0.25, 0.3) is 0 Å². The summed E-state index contributed by atoms with van der Waals surface area (Å²) in [5.74, 6) is -5.40. The van der Waals surface area contributed by atoms with Gasteiger partial charge in [0.1, 0.15) is 30.2 Å². The molecule has 0 aliphatic rings. The maximum absolute atomic E-state index is 13.8. The van der Waals surface area contributed by atoms with Crippen molar-refractivity contribution >= 4 is 35.5 Å². The van der Waals surface area contributed by atoms with Gasteiger partial charge in [-0.2, -0.15) is 0 Å². The van der Waals surface area contributed by atoms with Crippen molar-refractivity contribution in [2.75, 3.05) is 26.7 Å². The fourth-order valence-electron chi connectivity index (χ4n) is 6.38. The van der Waals surface area contributed by atoms with E-state index in [1.165, 1.54) is 78.7 Å². The average Bonchev–Trinajstić information content (AvgIpc) is 3.15. The smallest absolute Gasteiger partial charge is 0.328 e. The van der Waals surface area contributed by atoms with Crippen LogP contribution in [0.1, 0.15) is 143 Å². The largest absolute Gasteiger partial charge is 0.480 e. The first kappa shape index (κ1) is 52.6. The second-order valence-corrected chi connectivity index (χ2v) is 14.8. The Morgan fingerprint density at radius 1 is 0.589 bits per heavy atom.